The molecule has 1 unspecified atom stereocenters. The van der Waals surface area contributed by atoms with Crippen LogP contribution in [0.1, 0.15) is 76.7 Å². The standard InChI is InChI=1S/C21H33NO3.Na.H/c1-2-3-4-5-6-7-8-9-13-16-20(23)22-19(21(24)25)17-18-14-11-10-12-15-18;;/h10-12,14-15,19H,2-9,13,16-17H2,1H3,(H,22,23)(H,24,25);;. The van der Waals surface area contributed by atoms with Crippen molar-refractivity contribution in [1.82, 2.24) is 5.32 Å². The van der Waals surface area contributed by atoms with Gasteiger partial charge in [-0.3, -0.25) is 4.79 Å². The Bertz CT molecular complexity index is 493. The van der Waals surface area contributed by atoms with E-state index in [1.54, 1.807) is 0 Å². The summed E-state index contributed by atoms with van der Waals surface area (Å²) >= 11 is 0. The van der Waals surface area contributed by atoms with E-state index in [0.717, 1.165) is 24.8 Å². The van der Waals surface area contributed by atoms with Crippen molar-refractivity contribution in [2.24, 2.45) is 0 Å². The summed E-state index contributed by atoms with van der Waals surface area (Å²) < 4.78 is 0. The Hall–Kier alpha value is -0.840. The molecular weight excluding hydrogens is 337 g/mol. The number of aliphatic carboxylic acids is 1. The second-order valence-electron chi connectivity index (χ2n) is 6.73. The van der Waals surface area contributed by atoms with Crippen molar-refractivity contribution in [2.45, 2.75) is 83.6 Å². The van der Waals surface area contributed by atoms with Crippen molar-refractivity contribution >= 4 is 41.4 Å². The van der Waals surface area contributed by atoms with Gasteiger partial charge in [-0.1, -0.05) is 88.6 Å². The molecule has 0 spiro atoms. The molecule has 0 saturated carbocycles. The molecule has 4 nitrogen and oxygen atoms in total. The Labute approximate surface area is 180 Å². The summed E-state index contributed by atoms with van der Waals surface area (Å²) in [6.45, 7) is 2.22. The van der Waals surface area contributed by atoms with Gasteiger partial charge in [-0.15, -0.1) is 0 Å². The fourth-order valence-electron chi connectivity index (χ4n) is 2.91. The van der Waals surface area contributed by atoms with Crippen LogP contribution < -0.4 is 5.32 Å². The number of amides is 1. The monoisotopic (exact) mass is 371 g/mol. The number of carboxylic acid groups (broad SMARTS) is 1. The van der Waals surface area contributed by atoms with Gasteiger partial charge in [-0.05, 0) is 12.0 Å². The number of carboxylic acids is 1. The van der Waals surface area contributed by atoms with Gasteiger partial charge in [0, 0.05) is 12.8 Å². The molecule has 142 valence electrons. The minimum absolute atomic E-state index is 0. The Morgan fingerprint density at radius 3 is 2.00 bits per heavy atom. The topological polar surface area (TPSA) is 66.4 Å². The van der Waals surface area contributed by atoms with E-state index in [9.17, 15) is 14.7 Å². The molecule has 0 aliphatic heterocycles. The third kappa shape index (κ3) is 12.5. The zero-order valence-corrected chi connectivity index (χ0v) is 15.5. The summed E-state index contributed by atoms with van der Waals surface area (Å²) in [6.07, 6.45) is 11.5. The molecule has 0 aliphatic carbocycles. The van der Waals surface area contributed by atoms with E-state index < -0.39 is 12.0 Å². The van der Waals surface area contributed by atoms with Crippen molar-refractivity contribution in [3.05, 3.63) is 35.9 Å². The predicted molar refractivity (Wildman–Crippen MR) is 109 cm³/mol. The van der Waals surface area contributed by atoms with Gasteiger partial charge in [0.05, 0.1) is 0 Å². The average Bonchev–Trinajstić information content (AvgIpc) is 2.60. The van der Waals surface area contributed by atoms with Crippen LogP contribution >= 0.6 is 0 Å². The van der Waals surface area contributed by atoms with Crippen molar-refractivity contribution in [3.8, 4) is 0 Å². The molecule has 26 heavy (non-hydrogen) atoms. The molecule has 0 bridgehead atoms. The van der Waals surface area contributed by atoms with Gasteiger partial charge in [-0.25, -0.2) is 4.79 Å². The molecular formula is C21H34NNaO3. The SMILES string of the molecule is CCCCCCCCCCCC(=O)NC(Cc1ccccc1)C(=O)O.[NaH]. The van der Waals surface area contributed by atoms with Crippen molar-refractivity contribution in [1.29, 1.82) is 0 Å². The minimum atomic E-state index is -0.982. The van der Waals surface area contributed by atoms with E-state index in [1.807, 2.05) is 30.3 Å². The van der Waals surface area contributed by atoms with E-state index in [0.29, 0.717) is 12.8 Å². The van der Waals surface area contributed by atoms with Crippen LogP contribution in [0.4, 0.5) is 0 Å². The van der Waals surface area contributed by atoms with Crippen LogP contribution in [0.2, 0.25) is 0 Å². The number of nitrogens with one attached hydrogen (secondary N) is 1. The summed E-state index contributed by atoms with van der Waals surface area (Å²) in [6, 6.07) is 8.54. The summed E-state index contributed by atoms with van der Waals surface area (Å²) in [5.74, 6) is -1.14. The Morgan fingerprint density at radius 2 is 1.46 bits per heavy atom. The molecule has 0 fully saturated rings. The first-order valence-electron chi connectivity index (χ1n) is 9.69. The third-order valence-corrected chi connectivity index (χ3v) is 4.42. The molecule has 0 saturated heterocycles. The van der Waals surface area contributed by atoms with Crippen LogP contribution in [0.15, 0.2) is 30.3 Å². The fourth-order valence-corrected chi connectivity index (χ4v) is 2.91. The first kappa shape index (κ1) is 25.2. The number of benzene rings is 1. The number of rotatable bonds is 14. The molecule has 1 rings (SSSR count). The molecule has 0 aromatic heterocycles. The number of hydrogen-bond acceptors (Lipinski definition) is 2. The normalized spacial score (nSPS) is 11.4. The molecule has 2 N–H and O–H groups in total. The molecule has 1 aromatic carbocycles. The molecule has 1 amide bonds. The van der Waals surface area contributed by atoms with Gasteiger partial charge in [-0.2, -0.15) is 0 Å². The maximum absolute atomic E-state index is 12.0. The maximum atomic E-state index is 12.0. The Kier molecular flexibility index (Phi) is 15.8. The summed E-state index contributed by atoms with van der Waals surface area (Å²) in [5.41, 5.74) is 0.915. The second kappa shape index (κ2) is 16.3. The van der Waals surface area contributed by atoms with Crippen LogP contribution in [0, 0.1) is 0 Å². The molecule has 1 atom stereocenters. The summed E-state index contributed by atoms with van der Waals surface area (Å²) in [7, 11) is 0. The Balaban J connectivity index is 0.00000625. The second-order valence-corrected chi connectivity index (χ2v) is 6.73. The van der Waals surface area contributed by atoms with E-state index in [1.165, 1.54) is 38.5 Å². The number of carbonyl (C=O) groups is 2. The van der Waals surface area contributed by atoms with Gasteiger partial charge < -0.3 is 10.4 Å². The van der Waals surface area contributed by atoms with Crippen LogP contribution in [-0.2, 0) is 16.0 Å². The van der Waals surface area contributed by atoms with Gasteiger partial charge in [0.25, 0.3) is 0 Å². The van der Waals surface area contributed by atoms with Gasteiger partial charge >= 0.3 is 35.5 Å². The van der Waals surface area contributed by atoms with Gasteiger partial charge in [0.2, 0.25) is 5.91 Å². The third-order valence-electron chi connectivity index (χ3n) is 4.42. The van der Waals surface area contributed by atoms with Gasteiger partial charge in [0.15, 0.2) is 0 Å². The van der Waals surface area contributed by atoms with E-state index in [4.69, 9.17) is 0 Å². The molecule has 0 aliphatic rings. The zero-order chi connectivity index (χ0) is 18.3. The fraction of sp³-hybridized carbons (Fsp3) is 0.619. The zero-order valence-electron chi connectivity index (χ0n) is 15.5. The van der Waals surface area contributed by atoms with E-state index >= 15 is 0 Å². The quantitative estimate of drug-likeness (QED) is 0.383. The first-order valence-corrected chi connectivity index (χ1v) is 9.69. The molecule has 0 heterocycles. The number of hydrogen-bond donors (Lipinski definition) is 2. The molecule has 0 radical (unpaired) electrons. The van der Waals surface area contributed by atoms with Crippen LogP contribution in [0.25, 0.3) is 0 Å². The van der Waals surface area contributed by atoms with Crippen LogP contribution in [-0.4, -0.2) is 52.6 Å². The summed E-state index contributed by atoms with van der Waals surface area (Å²) in [5, 5.41) is 12.0. The van der Waals surface area contributed by atoms with Crippen molar-refractivity contribution < 1.29 is 14.7 Å². The van der Waals surface area contributed by atoms with Crippen molar-refractivity contribution in [2.75, 3.05) is 0 Å². The molecule has 1 aromatic rings. The van der Waals surface area contributed by atoms with E-state index in [-0.39, 0.29) is 35.5 Å². The number of unbranched alkanes of at least 4 members (excludes halogenated alkanes) is 8. The number of carbonyl (C=O) groups excluding carboxylic acids is 1. The van der Waals surface area contributed by atoms with Crippen LogP contribution in [0.3, 0.4) is 0 Å². The average molecular weight is 371 g/mol. The summed E-state index contributed by atoms with van der Waals surface area (Å²) in [4.78, 5) is 23.3. The van der Waals surface area contributed by atoms with E-state index in [2.05, 4.69) is 12.2 Å². The molecule has 5 heteroatoms. The van der Waals surface area contributed by atoms with Crippen LogP contribution in [0.5, 0.6) is 0 Å². The predicted octanol–water partition coefficient (Wildman–Crippen LogP) is 4.07. The van der Waals surface area contributed by atoms with Crippen molar-refractivity contribution in [3.63, 3.8) is 0 Å². The Morgan fingerprint density at radius 1 is 0.923 bits per heavy atom. The first-order chi connectivity index (χ1) is 12.1. The van der Waals surface area contributed by atoms with Gasteiger partial charge in [0.1, 0.15) is 6.04 Å².